The van der Waals surface area contributed by atoms with E-state index in [-0.39, 0.29) is 30.3 Å². The maximum atomic E-state index is 12.9. The Kier molecular flexibility index (Phi) is 6.83. The van der Waals surface area contributed by atoms with Crippen molar-refractivity contribution in [2.75, 3.05) is 51.7 Å². The number of carbonyl (C=O) groups is 3. The van der Waals surface area contributed by atoms with E-state index < -0.39 is 11.9 Å². The summed E-state index contributed by atoms with van der Waals surface area (Å²) >= 11 is 1.10. The highest BCUT2D eigenvalue weighted by molar-refractivity contribution is 7.18. The van der Waals surface area contributed by atoms with Crippen molar-refractivity contribution in [2.45, 2.75) is 13.8 Å². The van der Waals surface area contributed by atoms with E-state index in [0.717, 1.165) is 37.5 Å². The number of amides is 1. The van der Waals surface area contributed by atoms with Crippen LogP contribution in [0.15, 0.2) is 22.8 Å². The second kappa shape index (κ2) is 9.34. The lowest BCUT2D eigenvalue weighted by Gasteiger charge is -2.31. The molecule has 0 spiro atoms. The molecule has 156 valence electrons. The number of ether oxygens (including phenoxy) is 1. The first-order chi connectivity index (χ1) is 13.9. The summed E-state index contributed by atoms with van der Waals surface area (Å²) in [6.07, 6.45) is 1.39. The lowest BCUT2D eigenvalue weighted by molar-refractivity contribution is 0.0527. The fourth-order valence-corrected chi connectivity index (χ4v) is 4.29. The minimum absolute atomic E-state index is 0.0684. The van der Waals surface area contributed by atoms with Crippen molar-refractivity contribution in [3.63, 3.8) is 0 Å². The zero-order valence-electron chi connectivity index (χ0n) is 16.8. The molecule has 1 aliphatic rings. The number of likely N-dealkylation sites (N-methyl/N-ethyl adjacent to an activating group) is 1. The van der Waals surface area contributed by atoms with Crippen LogP contribution in [-0.2, 0) is 4.74 Å². The van der Waals surface area contributed by atoms with Gasteiger partial charge in [0.2, 0.25) is 0 Å². The van der Waals surface area contributed by atoms with Gasteiger partial charge >= 0.3 is 5.97 Å². The first-order valence-electron chi connectivity index (χ1n) is 9.50. The average molecular weight is 420 g/mol. The number of hydrogen-bond donors (Lipinski definition) is 1. The van der Waals surface area contributed by atoms with Crippen LogP contribution < -0.4 is 5.32 Å². The molecule has 0 atom stereocenters. The lowest BCUT2D eigenvalue weighted by Crippen LogP contribution is -2.46. The number of nitrogens with zero attached hydrogens (tertiary/aromatic N) is 2. The molecule has 29 heavy (non-hydrogen) atoms. The second-order valence-corrected chi connectivity index (χ2v) is 7.94. The largest absolute Gasteiger partial charge is 0.462 e. The predicted octanol–water partition coefficient (Wildman–Crippen LogP) is 2.51. The Labute approximate surface area is 173 Å². The predicted molar refractivity (Wildman–Crippen MR) is 110 cm³/mol. The normalized spacial score (nSPS) is 15.3. The van der Waals surface area contributed by atoms with Crippen molar-refractivity contribution >= 4 is 34.0 Å². The maximum absolute atomic E-state index is 12.9. The molecule has 3 heterocycles. The number of anilines is 1. The fourth-order valence-electron chi connectivity index (χ4n) is 3.17. The molecule has 0 aliphatic carbocycles. The van der Waals surface area contributed by atoms with Crippen LogP contribution in [0.2, 0.25) is 0 Å². The molecule has 2 aromatic heterocycles. The van der Waals surface area contributed by atoms with E-state index in [2.05, 4.69) is 22.2 Å². The summed E-state index contributed by atoms with van der Waals surface area (Å²) < 4.78 is 10.3. The van der Waals surface area contributed by atoms with Crippen LogP contribution in [0.1, 0.15) is 43.1 Å². The number of thiophene rings is 1. The van der Waals surface area contributed by atoms with Gasteiger partial charge in [-0.15, -0.1) is 11.3 Å². The maximum Gasteiger partial charge on any atom is 0.341 e. The topological polar surface area (TPSA) is 92.1 Å². The van der Waals surface area contributed by atoms with Gasteiger partial charge in [-0.3, -0.25) is 14.5 Å². The molecule has 0 saturated carbocycles. The molecular formula is C20H25N3O5S. The molecule has 1 amide bonds. The summed E-state index contributed by atoms with van der Waals surface area (Å²) in [5, 5.41) is 2.99. The van der Waals surface area contributed by atoms with Gasteiger partial charge in [-0.2, -0.15) is 0 Å². The van der Waals surface area contributed by atoms with E-state index in [0.29, 0.717) is 15.4 Å². The van der Waals surface area contributed by atoms with Gasteiger partial charge < -0.3 is 19.4 Å². The number of furan rings is 1. The van der Waals surface area contributed by atoms with Gasteiger partial charge in [0.15, 0.2) is 11.5 Å². The summed E-state index contributed by atoms with van der Waals surface area (Å²) in [6.45, 7) is 7.36. The van der Waals surface area contributed by atoms with Crippen LogP contribution in [-0.4, -0.2) is 73.8 Å². The monoisotopic (exact) mass is 419 g/mol. The minimum Gasteiger partial charge on any atom is -0.462 e. The Morgan fingerprint density at radius 3 is 2.59 bits per heavy atom. The Morgan fingerprint density at radius 1 is 1.24 bits per heavy atom. The zero-order valence-corrected chi connectivity index (χ0v) is 17.6. The summed E-state index contributed by atoms with van der Waals surface area (Å²) in [5.41, 5.74) is 0.751. The van der Waals surface area contributed by atoms with Crippen LogP contribution in [0.25, 0.3) is 0 Å². The third-order valence-electron chi connectivity index (χ3n) is 4.81. The molecule has 3 rings (SSSR count). The van der Waals surface area contributed by atoms with E-state index in [1.807, 2.05) is 0 Å². The van der Waals surface area contributed by atoms with E-state index in [4.69, 9.17) is 9.15 Å². The molecule has 0 radical (unpaired) electrons. The van der Waals surface area contributed by atoms with E-state index in [1.54, 1.807) is 19.9 Å². The molecule has 1 saturated heterocycles. The van der Waals surface area contributed by atoms with Gasteiger partial charge in [0.1, 0.15) is 5.00 Å². The average Bonchev–Trinajstić information content (AvgIpc) is 3.32. The first kappa shape index (κ1) is 21.2. The third kappa shape index (κ3) is 4.92. The molecule has 1 fully saturated rings. The van der Waals surface area contributed by atoms with E-state index >= 15 is 0 Å². The number of nitrogens with one attached hydrogen (secondary N) is 1. The molecule has 8 nitrogen and oxygen atoms in total. The van der Waals surface area contributed by atoms with Crippen LogP contribution in [0, 0.1) is 6.92 Å². The lowest BCUT2D eigenvalue weighted by atomic mass is 10.1. The number of ketones is 1. The highest BCUT2D eigenvalue weighted by Gasteiger charge is 2.28. The van der Waals surface area contributed by atoms with E-state index in [1.165, 1.54) is 12.3 Å². The quantitative estimate of drug-likeness (QED) is 0.544. The van der Waals surface area contributed by atoms with Crippen molar-refractivity contribution < 1.29 is 23.5 Å². The zero-order chi connectivity index (χ0) is 21.0. The van der Waals surface area contributed by atoms with Crippen LogP contribution in [0.3, 0.4) is 0 Å². The second-order valence-electron chi connectivity index (χ2n) is 6.91. The number of hydrogen-bond acceptors (Lipinski definition) is 8. The van der Waals surface area contributed by atoms with Crippen molar-refractivity contribution in [2.24, 2.45) is 0 Å². The molecule has 0 bridgehead atoms. The van der Waals surface area contributed by atoms with Gasteiger partial charge in [0.05, 0.1) is 29.9 Å². The molecular weight excluding hydrogens is 394 g/mol. The van der Waals surface area contributed by atoms with Crippen molar-refractivity contribution in [1.82, 2.24) is 9.80 Å². The van der Waals surface area contributed by atoms with Crippen LogP contribution >= 0.6 is 11.3 Å². The summed E-state index contributed by atoms with van der Waals surface area (Å²) in [7, 11) is 2.06. The Morgan fingerprint density at radius 2 is 1.97 bits per heavy atom. The Hall–Kier alpha value is -2.49. The molecule has 0 aromatic carbocycles. The Bertz CT molecular complexity index is 882. The molecule has 0 unspecified atom stereocenters. The molecule has 2 aromatic rings. The first-order valence-corrected chi connectivity index (χ1v) is 10.3. The number of esters is 1. The van der Waals surface area contributed by atoms with Crippen molar-refractivity contribution in [3.8, 4) is 0 Å². The summed E-state index contributed by atoms with van der Waals surface area (Å²) in [6, 6.07) is 3.13. The van der Waals surface area contributed by atoms with Gasteiger partial charge in [-0.1, -0.05) is 0 Å². The number of Topliss-reactive ketones (excluding diaryl/α,β-unsaturated/α-hetero) is 1. The number of piperazine rings is 1. The SMILES string of the molecule is CCOC(=O)c1c(NC(=O)c2ccco2)sc(C(=O)CN2CCN(C)CC2)c1C. The van der Waals surface area contributed by atoms with Crippen molar-refractivity contribution in [3.05, 3.63) is 40.2 Å². The van der Waals surface area contributed by atoms with Gasteiger partial charge in [-0.25, -0.2) is 4.79 Å². The molecule has 1 aliphatic heterocycles. The number of rotatable bonds is 7. The van der Waals surface area contributed by atoms with Gasteiger partial charge in [0.25, 0.3) is 5.91 Å². The fraction of sp³-hybridized carbons (Fsp3) is 0.450. The smallest absolute Gasteiger partial charge is 0.341 e. The molecule has 1 N–H and O–H groups in total. The highest BCUT2D eigenvalue weighted by atomic mass is 32.1. The third-order valence-corrected chi connectivity index (χ3v) is 6.06. The van der Waals surface area contributed by atoms with Crippen molar-refractivity contribution in [1.29, 1.82) is 0 Å². The summed E-state index contributed by atoms with van der Waals surface area (Å²) in [5.74, 6) is -0.994. The standard InChI is InChI=1S/C20H25N3O5S/c1-4-27-20(26)16-13(2)17(14(24)12-23-9-7-22(3)8-10-23)29-19(16)21-18(25)15-6-5-11-28-15/h5-6,11H,4,7-10,12H2,1-3H3,(H,21,25). The highest BCUT2D eigenvalue weighted by Crippen LogP contribution is 2.34. The van der Waals surface area contributed by atoms with E-state index in [9.17, 15) is 14.4 Å². The number of carbonyl (C=O) groups excluding carboxylic acids is 3. The van der Waals surface area contributed by atoms with Crippen LogP contribution in [0.4, 0.5) is 5.00 Å². The molecule has 9 heteroatoms. The van der Waals surface area contributed by atoms with Crippen LogP contribution in [0.5, 0.6) is 0 Å². The van der Waals surface area contributed by atoms with Gasteiger partial charge in [0, 0.05) is 26.2 Å². The summed E-state index contributed by atoms with van der Waals surface area (Å²) in [4.78, 5) is 42.6. The minimum atomic E-state index is -0.561. The Balaban J connectivity index is 1.84. The van der Waals surface area contributed by atoms with Gasteiger partial charge in [-0.05, 0) is 38.6 Å².